The highest BCUT2D eigenvalue weighted by Crippen LogP contribution is 2.16. The molecule has 0 aliphatic heterocycles. The maximum absolute atomic E-state index is 11.7. The monoisotopic (exact) mass is 319 g/mol. The summed E-state index contributed by atoms with van der Waals surface area (Å²) < 4.78 is 22.9. The van der Waals surface area contributed by atoms with Gasteiger partial charge in [0.15, 0.2) is 9.84 Å². The Morgan fingerprint density at radius 3 is 2.50 bits per heavy atom. The Balaban J connectivity index is 1.98. The summed E-state index contributed by atoms with van der Waals surface area (Å²) >= 11 is 0. The molecule has 1 atom stereocenters. The molecule has 118 valence electrons. The van der Waals surface area contributed by atoms with Crippen molar-refractivity contribution in [1.82, 2.24) is 5.32 Å². The predicted octanol–water partition coefficient (Wildman–Crippen LogP) is 2.32. The van der Waals surface area contributed by atoms with E-state index in [1.807, 2.05) is 25.1 Å². The van der Waals surface area contributed by atoms with E-state index in [1.54, 1.807) is 6.92 Å². The minimum Gasteiger partial charge on any atom is -0.352 e. The number of amides is 1. The molecule has 1 N–H and O–H groups in total. The Morgan fingerprint density at radius 2 is 1.82 bits per heavy atom. The van der Waals surface area contributed by atoms with E-state index in [-0.39, 0.29) is 11.8 Å². The van der Waals surface area contributed by atoms with Crippen LogP contribution in [-0.2, 0) is 21.1 Å². The molecule has 2 rings (SSSR count). The number of hydrogen-bond acceptors (Lipinski definition) is 3. The van der Waals surface area contributed by atoms with Crippen molar-refractivity contribution in [2.45, 2.75) is 26.3 Å². The maximum Gasteiger partial charge on any atom is 0.235 e. The van der Waals surface area contributed by atoms with Gasteiger partial charge in [0.1, 0.15) is 5.75 Å². The van der Waals surface area contributed by atoms with Crippen molar-refractivity contribution < 1.29 is 13.2 Å². The van der Waals surface area contributed by atoms with Crippen molar-refractivity contribution in [3.63, 3.8) is 0 Å². The molecule has 0 aromatic heterocycles. The minimum atomic E-state index is -3.28. The molecule has 22 heavy (non-hydrogen) atoms. The third kappa shape index (κ3) is 4.56. The molecule has 1 amide bonds. The van der Waals surface area contributed by atoms with Gasteiger partial charge in [-0.2, -0.15) is 0 Å². The van der Waals surface area contributed by atoms with Crippen LogP contribution in [0.2, 0.25) is 0 Å². The zero-order valence-electron chi connectivity index (χ0n) is 12.9. The lowest BCUT2D eigenvalue weighted by atomic mass is 10.0. The Kier molecular flexibility index (Phi) is 5.19. The Bertz CT molecular complexity index is 768. The molecule has 5 heteroatoms. The fourth-order valence-electron chi connectivity index (χ4n) is 2.39. The number of carbonyl (C=O) groups is 1. The molecular formula is C17H21NO3S. The van der Waals surface area contributed by atoms with E-state index in [0.29, 0.717) is 6.42 Å². The molecule has 0 aliphatic rings. The first-order valence-electron chi connectivity index (χ1n) is 7.37. The lowest BCUT2D eigenvalue weighted by Crippen LogP contribution is -2.38. The number of benzene rings is 2. The number of carbonyl (C=O) groups excluding carboxylic acids is 1. The molecular weight excluding hydrogens is 298 g/mol. The summed E-state index contributed by atoms with van der Waals surface area (Å²) in [7, 11) is -3.28. The van der Waals surface area contributed by atoms with E-state index in [2.05, 4.69) is 29.6 Å². The quantitative estimate of drug-likeness (QED) is 0.889. The second kappa shape index (κ2) is 6.92. The average molecular weight is 319 g/mol. The van der Waals surface area contributed by atoms with Crippen LogP contribution in [0.1, 0.15) is 19.4 Å². The van der Waals surface area contributed by atoms with Crippen LogP contribution >= 0.6 is 0 Å². The molecule has 0 saturated carbocycles. The van der Waals surface area contributed by atoms with Gasteiger partial charge in [0.2, 0.25) is 5.91 Å². The predicted molar refractivity (Wildman–Crippen MR) is 89.6 cm³/mol. The highest BCUT2D eigenvalue weighted by Gasteiger charge is 2.16. The SMILES string of the molecule is CCS(=O)(=O)CC(=O)N[C@@H](C)Cc1ccc2ccccc2c1. The summed E-state index contributed by atoms with van der Waals surface area (Å²) in [6.45, 7) is 3.42. The van der Waals surface area contributed by atoms with Crippen LogP contribution in [0.15, 0.2) is 42.5 Å². The zero-order valence-corrected chi connectivity index (χ0v) is 13.7. The number of hydrogen-bond donors (Lipinski definition) is 1. The normalized spacial score (nSPS) is 13.0. The highest BCUT2D eigenvalue weighted by atomic mass is 32.2. The minimum absolute atomic E-state index is 0.0144. The summed E-state index contributed by atoms with van der Waals surface area (Å²) in [6, 6.07) is 14.2. The van der Waals surface area contributed by atoms with Crippen molar-refractivity contribution in [3.8, 4) is 0 Å². The van der Waals surface area contributed by atoms with Gasteiger partial charge in [-0.15, -0.1) is 0 Å². The summed E-state index contributed by atoms with van der Waals surface area (Å²) in [5, 5.41) is 5.09. The first kappa shape index (κ1) is 16.5. The maximum atomic E-state index is 11.7. The highest BCUT2D eigenvalue weighted by molar-refractivity contribution is 7.92. The molecule has 2 aromatic rings. The number of nitrogens with one attached hydrogen (secondary N) is 1. The first-order valence-corrected chi connectivity index (χ1v) is 9.19. The van der Waals surface area contributed by atoms with Crippen molar-refractivity contribution in [1.29, 1.82) is 0 Å². The molecule has 0 heterocycles. The second-order valence-electron chi connectivity index (χ2n) is 5.53. The van der Waals surface area contributed by atoms with Crippen LogP contribution in [0.25, 0.3) is 10.8 Å². The molecule has 0 radical (unpaired) electrons. The lowest BCUT2D eigenvalue weighted by molar-refractivity contribution is -0.119. The van der Waals surface area contributed by atoms with Crippen LogP contribution in [0.3, 0.4) is 0 Å². The van der Waals surface area contributed by atoms with Gasteiger partial charge in [0, 0.05) is 11.8 Å². The van der Waals surface area contributed by atoms with Crippen LogP contribution < -0.4 is 5.32 Å². The van der Waals surface area contributed by atoms with Crippen molar-refractivity contribution >= 4 is 26.5 Å². The van der Waals surface area contributed by atoms with Gasteiger partial charge in [-0.1, -0.05) is 49.4 Å². The van der Waals surface area contributed by atoms with Gasteiger partial charge >= 0.3 is 0 Å². The Labute approximate surface area is 131 Å². The first-order chi connectivity index (χ1) is 10.4. The molecule has 4 nitrogen and oxygen atoms in total. The second-order valence-corrected chi connectivity index (χ2v) is 7.88. The zero-order chi connectivity index (χ0) is 16.2. The van der Waals surface area contributed by atoms with E-state index in [9.17, 15) is 13.2 Å². The van der Waals surface area contributed by atoms with Gasteiger partial charge in [-0.05, 0) is 29.7 Å². The van der Waals surface area contributed by atoms with Crippen molar-refractivity contribution in [2.24, 2.45) is 0 Å². The molecule has 0 saturated heterocycles. The van der Waals surface area contributed by atoms with Crippen molar-refractivity contribution in [2.75, 3.05) is 11.5 Å². The Morgan fingerprint density at radius 1 is 1.14 bits per heavy atom. The standard InChI is InChI=1S/C17H21NO3S/c1-3-22(20,21)12-17(19)18-13(2)10-14-8-9-15-6-4-5-7-16(15)11-14/h4-9,11,13H,3,10,12H2,1-2H3,(H,18,19)/t13-/m0/s1. The number of fused-ring (bicyclic) bond motifs is 1. The number of sulfone groups is 1. The average Bonchev–Trinajstić information content (AvgIpc) is 2.46. The summed E-state index contributed by atoms with van der Waals surface area (Å²) in [6.07, 6.45) is 0.669. The molecule has 0 aliphatic carbocycles. The van der Waals surface area contributed by atoms with Crippen LogP contribution in [-0.4, -0.2) is 31.9 Å². The van der Waals surface area contributed by atoms with E-state index in [0.717, 1.165) is 10.9 Å². The molecule has 0 unspecified atom stereocenters. The van der Waals surface area contributed by atoms with Gasteiger partial charge < -0.3 is 5.32 Å². The molecule has 0 bridgehead atoms. The fraction of sp³-hybridized carbons (Fsp3) is 0.353. The molecule has 0 fully saturated rings. The van der Waals surface area contributed by atoms with Crippen molar-refractivity contribution in [3.05, 3.63) is 48.0 Å². The van der Waals surface area contributed by atoms with Gasteiger partial charge in [-0.25, -0.2) is 8.42 Å². The van der Waals surface area contributed by atoms with Gasteiger partial charge in [-0.3, -0.25) is 4.79 Å². The third-order valence-corrected chi connectivity index (χ3v) is 5.14. The van der Waals surface area contributed by atoms with E-state index < -0.39 is 21.5 Å². The Hall–Kier alpha value is -1.88. The summed E-state index contributed by atoms with van der Waals surface area (Å²) in [4.78, 5) is 11.7. The number of rotatable bonds is 6. The third-order valence-electron chi connectivity index (χ3n) is 3.55. The summed E-state index contributed by atoms with van der Waals surface area (Å²) in [5.74, 6) is -0.888. The van der Waals surface area contributed by atoms with E-state index in [1.165, 1.54) is 5.39 Å². The largest absolute Gasteiger partial charge is 0.352 e. The lowest BCUT2D eigenvalue weighted by Gasteiger charge is -2.14. The molecule has 2 aromatic carbocycles. The van der Waals surface area contributed by atoms with Gasteiger partial charge in [0.25, 0.3) is 0 Å². The topological polar surface area (TPSA) is 63.2 Å². The van der Waals surface area contributed by atoms with Crippen LogP contribution in [0, 0.1) is 0 Å². The van der Waals surface area contributed by atoms with Crippen LogP contribution in [0.5, 0.6) is 0 Å². The van der Waals surface area contributed by atoms with Crippen LogP contribution in [0.4, 0.5) is 0 Å². The molecule has 0 spiro atoms. The van der Waals surface area contributed by atoms with E-state index in [4.69, 9.17) is 0 Å². The fourth-order valence-corrected chi connectivity index (χ4v) is 3.08. The van der Waals surface area contributed by atoms with Gasteiger partial charge in [0.05, 0.1) is 0 Å². The van der Waals surface area contributed by atoms with E-state index >= 15 is 0 Å². The smallest absolute Gasteiger partial charge is 0.235 e. The summed E-state index contributed by atoms with van der Waals surface area (Å²) in [5.41, 5.74) is 1.12.